The van der Waals surface area contributed by atoms with Crippen molar-refractivity contribution in [1.82, 2.24) is 10.6 Å². The molecular weight excluding hydrogens is 412 g/mol. The minimum absolute atomic E-state index is 0.0550. The lowest BCUT2D eigenvalue weighted by Crippen LogP contribution is -2.35. The summed E-state index contributed by atoms with van der Waals surface area (Å²) < 4.78 is 17.8. The highest BCUT2D eigenvalue weighted by Gasteiger charge is 2.23. The number of ether oxygens (including phenoxy) is 3. The zero-order chi connectivity index (χ0) is 19.1. The summed E-state index contributed by atoms with van der Waals surface area (Å²) in [6, 6.07) is 13.4. The van der Waals surface area contributed by atoms with Crippen LogP contribution >= 0.6 is 15.9 Å². The van der Waals surface area contributed by atoms with Gasteiger partial charge in [-0.2, -0.15) is 0 Å². The van der Waals surface area contributed by atoms with E-state index in [9.17, 15) is 4.79 Å². The van der Waals surface area contributed by atoms with Gasteiger partial charge in [-0.15, -0.1) is 0 Å². The molecule has 2 N–H and O–H groups in total. The molecule has 1 heterocycles. The van der Waals surface area contributed by atoms with E-state index >= 15 is 0 Å². The molecule has 6 nitrogen and oxygen atoms in total. The standard InChI is InChI=1S/C20H23BrN2O4/c1-25-18-12-14(13-23-17-7-8-22-20(17)24)11-16(21)19(18)27-10-9-26-15-5-3-2-4-6-15/h2-6,11-12,17,23H,7-10,13H2,1H3,(H,22,24). The van der Waals surface area contributed by atoms with Crippen molar-refractivity contribution < 1.29 is 19.0 Å². The number of hydrogen-bond donors (Lipinski definition) is 2. The van der Waals surface area contributed by atoms with Crippen LogP contribution in [-0.4, -0.2) is 38.8 Å². The SMILES string of the molecule is COc1cc(CNC2CCNC2=O)cc(Br)c1OCCOc1ccccc1. The molecule has 0 aromatic heterocycles. The van der Waals surface area contributed by atoms with Gasteiger partial charge in [0.15, 0.2) is 11.5 Å². The highest BCUT2D eigenvalue weighted by Crippen LogP contribution is 2.36. The molecule has 1 amide bonds. The van der Waals surface area contributed by atoms with Gasteiger partial charge in [0.05, 0.1) is 17.6 Å². The number of benzene rings is 2. The predicted molar refractivity (Wildman–Crippen MR) is 106 cm³/mol. The van der Waals surface area contributed by atoms with E-state index in [2.05, 4.69) is 26.6 Å². The van der Waals surface area contributed by atoms with E-state index in [4.69, 9.17) is 14.2 Å². The Morgan fingerprint density at radius 3 is 2.67 bits per heavy atom. The lowest BCUT2D eigenvalue weighted by atomic mass is 10.1. The van der Waals surface area contributed by atoms with Crippen LogP contribution < -0.4 is 24.8 Å². The van der Waals surface area contributed by atoms with Crippen LogP contribution in [0.1, 0.15) is 12.0 Å². The van der Waals surface area contributed by atoms with E-state index in [1.54, 1.807) is 7.11 Å². The van der Waals surface area contributed by atoms with Crippen LogP contribution in [0.3, 0.4) is 0 Å². The minimum Gasteiger partial charge on any atom is -0.493 e. The fourth-order valence-corrected chi connectivity index (χ4v) is 3.47. The number of hydrogen-bond acceptors (Lipinski definition) is 5. The molecule has 2 aromatic rings. The molecule has 0 bridgehead atoms. The van der Waals surface area contributed by atoms with Crippen molar-refractivity contribution in [3.8, 4) is 17.2 Å². The summed E-state index contributed by atoms with van der Waals surface area (Å²) in [5, 5.41) is 6.09. The lowest BCUT2D eigenvalue weighted by molar-refractivity contribution is -0.120. The van der Waals surface area contributed by atoms with Crippen molar-refractivity contribution in [1.29, 1.82) is 0 Å². The molecule has 27 heavy (non-hydrogen) atoms. The third-order valence-corrected chi connectivity index (χ3v) is 4.82. The topological polar surface area (TPSA) is 68.8 Å². The van der Waals surface area contributed by atoms with E-state index in [0.717, 1.165) is 28.8 Å². The van der Waals surface area contributed by atoms with Gasteiger partial charge >= 0.3 is 0 Å². The Kier molecular flexibility index (Phi) is 6.95. The van der Waals surface area contributed by atoms with Crippen molar-refractivity contribution in [2.24, 2.45) is 0 Å². The molecule has 0 spiro atoms. The molecule has 3 rings (SSSR count). The molecule has 7 heteroatoms. The summed E-state index contributed by atoms with van der Waals surface area (Å²) in [7, 11) is 1.61. The van der Waals surface area contributed by atoms with Gasteiger partial charge in [0, 0.05) is 13.1 Å². The molecule has 1 atom stereocenters. The van der Waals surface area contributed by atoms with Crippen molar-refractivity contribution in [2.75, 3.05) is 26.9 Å². The van der Waals surface area contributed by atoms with Crippen LogP contribution in [0.2, 0.25) is 0 Å². The van der Waals surface area contributed by atoms with Crippen molar-refractivity contribution in [3.63, 3.8) is 0 Å². The second-order valence-corrected chi connectivity index (χ2v) is 6.99. The Labute approximate surface area is 167 Å². The van der Waals surface area contributed by atoms with Crippen LogP contribution in [0, 0.1) is 0 Å². The summed E-state index contributed by atoms with van der Waals surface area (Å²) in [5.74, 6) is 2.14. The molecule has 1 saturated heterocycles. The molecule has 0 aliphatic carbocycles. The summed E-state index contributed by atoms with van der Waals surface area (Å²) in [6.07, 6.45) is 0.805. The molecule has 0 radical (unpaired) electrons. The van der Waals surface area contributed by atoms with Gasteiger partial charge in [-0.05, 0) is 52.2 Å². The first kappa shape index (κ1) is 19.5. The van der Waals surface area contributed by atoms with Crippen molar-refractivity contribution in [3.05, 3.63) is 52.5 Å². The van der Waals surface area contributed by atoms with Crippen molar-refractivity contribution >= 4 is 21.8 Å². The van der Waals surface area contributed by atoms with E-state index in [1.807, 2.05) is 42.5 Å². The molecule has 1 unspecified atom stereocenters. The number of amides is 1. The van der Waals surface area contributed by atoms with Gasteiger partial charge < -0.3 is 24.8 Å². The maximum absolute atomic E-state index is 11.6. The Bertz CT molecular complexity index is 770. The van der Waals surface area contributed by atoms with Crippen molar-refractivity contribution in [2.45, 2.75) is 19.0 Å². The van der Waals surface area contributed by atoms with Crippen LogP contribution in [0.5, 0.6) is 17.2 Å². The number of rotatable bonds is 9. The van der Waals surface area contributed by atoms with Gasteiger partial charge in [-0.3, -0.25) is 4.79 Å². The quantitative estimate of drug-likeness (QED) is 0.593. The zero-order valence-corrected chi connectivity index (χ0v) is 16.8. The van der Waals surface area contributed by atoms with Crippen LogP contribution in [0.25, 0.3) is 0 Å². The Morgan fingerprint density at radius 1 is 1.19 bits per heavy atom. The second kappa shape index (κ2) is 9.62. The fraction of sp³-hybridized carbons (Fsp3) is 0.350. The first-order valence-corrected chi connectivity index (χ1v) is 9.65. The number of carbonyl (C=O) groups excluding carboxylic acids is 1. The number of nitrogens with one attached hydrogen (secondary N) is 2. The Hall–Kier alpha value is -2.25. The monoisotopic (exact) mass is 434 g/mol. The van der Waals surface area contributed by atoms with Crippen LogP contribution in [-0.2, 0) is 11.3 Å². The maximum Gasteiger partial charge on any atom is 0.237 e. The lowest BCUT2D eigenvalue weighted by Gasteiger charge is -2.16. The molecular formula is C20H23BrN2O4. The van der Waals surface area contributed by atoms with Crippen LogP contribution in [0.15, 0.2) is 46.9 Å². The number of carbonyl (C=O) groups is 1. The zero-order valence-electron chi connectivity index (χ0n) is 15.2. The molecule has 0 saturated carbocycles. The minimum atomic E-state index is -0.138. The first-order chi connectivity index (χ1) is 13.2. The van der Waals surface area contributed by atoms with Crippen LogP contribution in [0.4, 0.5) is 0 Å². The van der Waals surface area contributed by atoms with Gasteiger partial charge in [-0.25, -0.2) is 0 Å². The normalized spacial score (nSPS) is 16.1. The molecule has 1 aliphatic heterocycles. The maximum atomic E-state index is 11.6. The van der Waals surface area contributed by atoms with Gasteiger partial charge in [0.25, 0.3) is 0 Å². The first-order valence-electron chi connectivity index (χ1n) is 8.85. The molecule has 1 fully saturated rings. The summed E-state index contributed by atoms with van der Waals surface area (Å²) in [4.78, 5) is 11.6. The summed E-state index contributed by atoms with van der Waals surface area (Å²) in [6.45, 7) is 2.12. The second-order valence-electron chi connectivity index (χ2n) is 6.13. The van der Waals surface area contributed by atoms with Gasteiger partial charge in [0.1, 0.15) is 19.0 Å². The number of para-hydroxylation sites is 1. The average Bonchev–Trinajstić information content (AvgIpc) is 3.10. The Morgan fingerprint density at radius 2 is 1.96 bits per heavy atom. The average molecular weight is 435 g/mol. The van der Waals surface area contributed by atoms with Gasteiger partial charge in [0.2, 0.25) is 5.91 Å². The largest absolute Gasteiger partial charge is 0.493 e. The smallest absolute Gasteiger partial charge is 0.237 e. The van der Waals surface area contributed by atoms with E-state index in [-0.39, 0.29) is 11.9 Å². The fourth-order valence-electron chi connectivity index (χ4n) is 2.87. The third-order valence-electron chi connectivity index (χ3n) is 4.23. The summed E-state index contributed by atoms with van der Waals surface area (Å²) in [5.41, 5.74) is 1.01. The third kappa shape index (κ3) is 5.37. The van der Waals surface area contributed by atoms with E-state index in [1.165, 1.54) is 0 Å². The molecule has 1 aliphatic rings. The van der Waals surface area contributed by atoms with Gasteiger partial charge in [-0.1, -0.05) is 18.2 Å². The number of methoxy groups -OCH3 is 1. The molecule has 144 valence electrons. The summed E-state index contributed by atoms with van der Waals surface area (Å²) >= 11 is 3.55. The Balaban J connectivity index is 1.55. The van der Waals surface area contributed by atoms with E-state index in [0.29, 0.717) is 31.3 Å². The highest BCUT2D eigenvalue weighted by atomic mass is 79.9. The number of halogens is 1. The molecule has 2 aromatic carbocycles. The van der Waals surface area contributed by atoms with E-state index < -0.39 is 0 Å². The predicted octanol–water partition coefficient (Wildman–Crippen LogP) is 2.89. The highest BCUT2D eigenvalue weighted by molar-refractivity contribution is 9.10.